The number of sulfonamides is 1. The Balaban J connectivity index is 1.94. The Bertz CT molecular complexity index is 557. The van der Waals surface area contributed by atoms with E-state index in [-0.39, 0.29) is 6.04 Å². The molecule has 3 atom stereocenters. The van der Waals surface area contributed by atoms with E-state index in [0.29, 0.717) is 27.1 Å². The molecule has 3 heterocycles. The van der Waals surface area contributed by atoms with Crippen molar-refractivity contribution in [1.29, 1.82) is 0 Å². The van der Waals surface area contributed by atoms with Gasteiger partial charge in [0.1, 0.15) is 4.21 Å². The Hall–Kier alpha value is 0.0500. The average Bonchev–Trinajstić information content (AvgIpc) is 2.96. The van der Waals surface area contributed by atoms with Crippen LogP contribution in [0.15, 0.2) is 20.1 Å². The van der Waals surface area contributed by atoms with Crippen molar-refractivity contribution in [3.63, 3.8) is 0 Å². The standard InChI is InChI=1S/C11H15BrN2O2S2/c1-7-9-5-13-4-8(9)6-14(7)18(15,16)11-10(12)2-3-17-11/h2-3,7-9,13H,4-6H2,1H3. The molecule has 0 bridgehead atoms. The quantitative estimate of drug-likeness (QED) is 0.883. The minimum absolute atomic E-state index is 0.0870. The van der Waals surface area contributed by atoms with Crippen LogP contribution < -0.4 is 5.32 Å². The van der Waals surface area contributed by atoms with Crippen molar-refractivity contribution in [1.82, 2.24) is 9.62 Å². The zero-order valence-electron chi connectivity index (χ0n) is 9.97. The van der Waals surface area contributed by atoms with Crippen LogP contribution in [0.2, 0.25) is 0 Å². The minimum Gasteiger partial charge on any atom is -0.316 e. The van der Waals surface area contributed by atoms with Crippen molar-refractivity contribution in [2.24, 2.45) is 11.8 Å². The molecule has 2 aliphatic heterocycles. The fourth-order valence-corrected chi connectivity index (χ4v) is 7.18. The molecule has 3 unspecified atom stereocenters. The minimum atomic E-state index is -3.34. The summed E-state index contributed by atoms with van der Waals surface area (Å²) >= 11 is 4.60. The molecule has 2 saturated heterocycles. The fraction of sp³-hybridized carbons (Fsp3) is 0.636. The molecule has 100 valence electrons. The van der Waals surface area contributed by atoms with Gasteiger partial charge in [0.2, 0.25) is 0 Å². The zero-order chi connectivity index (χ0) is 12.9. The second kappa shape index (κ2) is 4.56. The molecule has 1 N–H and O–H groups in total. The summed E-state index contributed by atoms with van der Waals surface area (Å²) in [7, 11) is -3.34. The predicted octanol–water partition coefficient (Wildman–Crippen LogP) is 1.74. The van der Waals surface area contributed by atoms with Crippen LogP contribution in [-0.4, -0.2) is 38.4 Å². The Labute approximate surface area is 120 Å². The highest BCUT2D eigenvalue weighted by atomic mass is 79.9. The van der Waals surface area contributed by atoms with Crippen LogP contribution >= 0.6 is 27.3 Å². The summed E-state index contributed by atoms with van der Waals surface area (Å²) in [6.45, 7) is 4.54. The van der Waals surface area contributed by atoms with E-state index in [1.165, 1.54) is 11.3 Å². The number of fused-ring (bicyclic) bond motifs is 1. The first-order valence-corrected chi connectivity index (χ1v) is 9.08. The normalized spacial score (nSPS) is 32.9. The summed E-state index contributed by atoms with van der Waals surface area (Å²) < 4.78 is 28.1. The highest BCUT2D eigenvalue weighted by Crippen LogP contribution is 2.39. The molecule has 0 spiro atoms. The van der Waals surface area contributed by atoms with E-state index in [4.69, 9.17) is 0 Å². The lowest BCUT2D eigenvalue weighted by Gasteiger charge is -2.23. The smallest absolute Gasteiger partial charge is 0.253 e. The molecule has 4 nitrogen and oxygen atoms in total. The lowest BCUT2D eigenvalue weighted by atomic mass is 9.95. The first-order chi connectivity index (χ1) is 8.51. The fourth-order valence-electron chi connectivity index (χ4n) is 3.02. The molecule has 0 amide bonds. The summed E-state index contributed by atoms with van der Waals surface area (Å²) in [5.74, 6) is 0.923. The number of hydrogen-bond donors (Lipinski definition) is 1. The Morgan fingerprint density at radius 3 is 2.89 bits per heavy atom. The highest BCUT2D eigenvalue weighted by Gasteiger charge is 2.47. The van der Waals surface area contributed by atoms with Crippen LogP contribution in [0.25, 0.3) is 0 Å². The maximum Gasteiger partial charge on any atom is 0.253 e. The van der Waals surface area contributed by atoms with E-state index in [1.807, 2.05) is 6.92 Å². The van der Waals surface area contributed by atoms with Crippen LogP contribution in [0.3, 0.4) is 0 Å². The Morgan fingerprint density at radius 1 is 1.50 bits per heavy atom. The van der Waals surface area contributed by atoms with Crippen molar-refractivity contribution < 1.29 is 8.42 Å². The van der Waals surface area contributed by atoms with Crippen LogP contribution in [-0.2, 0) is 10.0 Å². The van der Waals surface area contributed by atoms with Gasteiger partial charge in [-0.1, -0.05) is 0 Å². The maximum absolute atomic E-state index is 12.6. The molecule has 1 aromatic heterocycles. The van der Waals surface area contributed by atoms with E-state index >= 15 is 0 Å². The maximum atomic E-state index is 12.6. The van der Waals surface area contributed by atoms with Crippen molar-refractivity contribution in [3.05, 3.63) is 15.9 Å². The predicted molar refractivity (Wildman–Crippen MR) is 75.2 cm³/mol. The molecular weight excluding hydrogens is 336 g/mol. The molecule has 2 fully saturated rings. The SMILES string of the molecule is CC1C2CNCC2CN1S(=O)(=O)c1sccc1Br. The average molecular weight is 351 g/mol. The molecule has 0 aliphatic carbocycles. The largest absolute Gasteiger partial charge is 0.316 e. The first kappa shape index (κ1) is 13.1. The number of hydrogen-bond acceptors (Lipinski definition) is 4. The number of halogens is 1. The third kappa shape index (κ3) is 1.87. The topological polar surface area (TPSA) is 49.4 Å². The summed E-state index contributed by atoms with van der Waals surface area (Å²) in [5, 5.41) is 5.15. The van der Waals surface area contributed by atoms with Crippen molar-refractivity contribution in [3.8, 4) is 0 Å². The van der Waals surface area contributed by atoms with Gasteiger partial charge < -0.3 is 5.32 Å². The zero-order valence-corrected chi connectivity index (χ0v) is 13.2. The lowest BCUT2D eigenvalue weighted by molar-refractivity contribution is 0.361. The third-order valence-corrected chi connectivity index (χ3v) is 8.61. The van der Waals surface area contributed by atoms with E-state index in [1.54, 1.807) is 15.8 Å². The van der Waals surface area contributed by atoms with Gasteiger partial charge in [-0.05, 0) is 59.2 Å². The third-order valence-electron chi connectivity index (χ3n) is 4.01. The van der Waals surface area contributed by atoms with Crippen molar-refractivity contribution in [2.45, 2.75) is 17.2 Å². The summed E-state index contributed by atoms with van der Waals surface area (Å²) in [4.78, 5) is 0. The summed E-state index contributed by atoms with van der Waals surface area (Å²) in [5.41, 5.74) is 0. The Kier molecular flexibility index (Phi) is 3.30. The molecule has 18 heavy (non-hydrogen) atoms. The van der Waals surface area contributed by atoms with E-state index in [2.05, 4.69) is 21.2 Å². The van der Waals surface area contributed by atoms with Crippen LogP contribution in [0, 0.1) is 11.8 Å². The van der Waals surface area contributed by atoms with Gasteiger partial charge in [-0.2, -0.15) is 4.31 Å². The van der Waals surface area contributed by atoms with Gasteiger partial charge in [0.15, 0.2) is 0 Å². The van der Waals surface area contributed by atoms with Gasteiger partial charge in [0.05, 0.1) is 0 Å². The van der Waals surface area contributed by atoms with E-state index in [0.717, 1.165) is 13.1 Å². The number of nitrogens with zero attached hydrogens (tertiary/aromatic N) is 1. The molecule has 2 aliphatic rings. The Morgan fingerprint density at radius 2 is 2.28 bits per heavy atom. The molecule has 3 rings (SSSR count). The lowest BCUT2D eigenvalue weighted by Crippen LogP contribution is -2.37. The molecule has 0 saturated carbocycles. The van der Waals surface area contributed by atoms with Crippen LogP contribution in [0.4, 0.5) is 0 Å². The van der Waals surface area contributed by atoms with Crippen LogP contribution in [0.1, 0.15) is 6.92 Å². The molecule has 0 aromatic carbocycles. The second-order valence-electron chi connectivity index (χ2n) is 4.95. The van der Waals surface area contributed by atoms with Gasteiger partial charge in [-0.15, -0.1) is 11.3 Å². The summed E-state index contributed by atoms with van der Waals surface area (Å²) in [6, 6.07) is 1.88. The number of thiophene rings is 1. The first-order valence-electron chi connectivity index (χ1n) is 5.97. The number of nitrogens with one attached hydrogen (secondary N) is 1. The molecule has 0 radical (unpaired) electrons. The van der Waals surface area contributed by atoms with Gasteiger partial charge in [-0.25, -0.2) is 8.42 Å². The van der Waals surface area contributed by atoms with Gasteiger partial charge in [-0.3, -0.25) is 0 Å². The van der Waals surface area contributed by atoms with Crippen LogP contribution in [0.5, 0.6) is 0 Å². The van der Waals surface area contributed by atoms with E-state index < -0.39 is 10.0 Å². The van der Waals surface area contributed by atoms with Crippen molar-refractivity contribution >= 4 is 37.3 Å². The van der Waals surface area contributed by atoms with Crippen molar-refractivity contribution in [2.75, 3.05) is 19.6 Å². The van der Waals surface area contributed by atoms with Gasteiger partial charge >= 0.3 is 0 Å². The highest BCUT2D eigenvalue weighted by molar-refractivity contribution is 9.10. The molecule has 7 heteroatoms. The monoisotopic (exact) mass is 350 g/mol. The summed E-state index contributed by atoms with van der Waals surface area (Å²) in [6.07, 6.45) is 0. The van der Waals surface area contributed by atoms with Gasteiger partial charge in [0, 0.05) is 17.1 Å². The molecular formula is C11H15BrN2O2S2. The second-order valence-corrected chi connectivity index (χ2v) is 8.81. The number of rotatable bonds is 2. The van der Waals surface area contributed by atoms with Gasteiger partial charge in [0.25, 0.3) is 10.0 Å². The van der Waals surface area contributed by atoms with E-state index in [9.17, 15) is 8.42 Å². The molecule has 1 aromatic rings.